The van der Waals surface area contributed by atoms with Gasteiger partial charge in [-0.05, 0) is 13.3 Å². The second-order valence-electron chi connectivity index (χ2n) is 3.41. The van der Waals surface area contributed by atoms with Crippen LogP contribution < -0.4 is 5.73 Å². The lowest BCUT2D eigenvalue weighted by Gasteiger charge is -2.08. The minimum atomic E-state index is -0.330. The number of aliphatic hydroxyl groups excluding tert-OH is 1. The highest BCUT2D eigenvalue weighted by atomic mass is 32.2. The Bertz CT molecular complexity index is 300. The smallest absolute Gasteiger partial charge is 0.191 e. The molecule has 6 heteroatoms. The van der Waals surface area contributed by atoms with Crippen LogP contribution in [0.15, 0.2) is 5.16 Å². The number of hydrogen-bond donors (Lipinski definition) is 2. The number of aromatic nitrogens is 3. The summed E-state index contributed by atoms with van der Waals surface area (Å²) in [6, 6.07) is 0. The maximum absolute atomic E-state index is 9.20. The van der Waals surface area contributed by atoms with E-state index in [-0.39, 0.29) is 6.10 Å². The fraction of sp³-hybridized carbons (Fsp3) is 0.778. The molecule has 0 aliphatic carbocycles. The lowest BCUT2D eigenvalue weighted by molar-refractivity contribution is 0.220. The van der Waals surface area contributed by atoms with E-state index >= 15 is 0 Å². The molecule has 0 spiro atoms. The van der Waals surface area contributed by atoms with E-state index in [1.165, 1.54) is 11.8 Å². The highest BCUT2D eigenvalue weighted by Crippen LogP contribution is 2.18. The summed E-state index contributed by atoms with van der Waals surface area (Å²) in [5.74, 6) is 1.44. The van der Waals surface area contributed by atoms with Crippen LogP contribution in [0.3, 0.4) is 0 Å². The number of aliphatic hydroxyl groups is 1. The Kier molecular flexibility index (Phi) is 5.07. The molecule has 0 radical (unpaired) electrons. The van der Waals surface area contributed by atoms with Gasteiger partial charge in [0.1, 0.15) is 5.82 Å². The minimum absolute atomic E-state index is 0.330. The summed E-state index contributed by atoms with van der Waals surface area (Å²) in [7, 11) is 0. The van der Waals surface area contributed by atoms with Gasteiger partial charge in [-0.25, -0.2) is 0 Å². The molecule has 0 bridgehead atoms. The van der Waals surface area contributed by atoms with Gasteiger partial charge in [0.15, 0.2) is 5.16 Å². The zero-order valence-corrected chi connectivity index (χ0v) is 10.00. The maximum Gasteiger partial charge on any atom is 0.191 e. The first kappa shape index (κ1) is 12.5. The Labute approximate surface area is 94.1 Å². The molecule has 0 saturated carbocycles. The fourth-order valence-corrected chi connectivity index (χ4v) is 2.06. The van der Waals surface area contributed by atoms with Crippen LogP contribution in [-0.4, -0.2) is 31.7 Å². The van der Waals surface area contributed by atoms with Crippen LogP contribution in [-0.2, 0) is 13.1 Å². The molecule has 5 nitrogen and oxygen atoms in total. The first-order valence-electron chi connectivity index (χ1n) is 5.12. The summed E-state index contributed by atoms with van der Waals surface area (Å²) in [6.45, 7) is 5.14. The van der Waals surface area contributed by atoms with Crippen LogP contribution in [0.25, 0.3) is 0 Å². The van der Waals surface area contributed by atoms with Gasteiger partial charge in [0, 0.05) is 12.3 Å². The molecule has 1 rings (SSSR count). The number of nitrogens with zero attached hydrogens (tertiary/aromatic N) is 3. The van der Waals surface area contributed by atoms with Gasteiger partial charge in [-0.15, -0.1) is 10.2 Å². The Morgan fingerprint density at radius 3 is 2.80 bits per heavy atom. The van der Waals surface area contributed by atoms with Crippen molar-refractivity contribution in [1.82, 2.24) is 14.8 Å². The van der Waals surface area contributed by atoms with E-state index in [0.717, 1.165) is 23.9 Å². The van der Waals surface area contributed by atoms with Gasteiger partial charge in [-0.2, -0.15) is 0 Å². The highest BCUT2D eigenvalue weighted by Gasteiger charge is 2.11. The molecule has 1 aromatic rings. The summed E-state index contributed by atoms with van der Waals surface area (Å²) >= 11 is 1.52. The third-order valence-electron chi connectivity index (χ3n) is 1.88. The first-order chi connectivity index (χ1) is 7.19. The average Bonchev–Trinajstić information content (AvgIpc) is 2.58. The first-order valence-corrected chi connectivity index (χ1v) is 6.10. The zero-order valence-electron chi connectivity index (χ0n) is 9.18. The second kappa shape index (κ2) is 6.09. The molecule has 0 aliphatic heterocycles. The molecule has 0 fully saturated rings. The average molecular weight is 230 g/mol. The Hall–Kier alpha value is -0.590. The van der Waals surface area contributed by atoms with Gasteiger partial charge < -0.3 is 15.4 Å². The number of thioether (sulfide) groups is 1. The van der Waals surface area contributed by atoms with Crippen molar-refractivity contribution in [1.29, 1.82) is 0 Å². The summed E-state index contributed by atoms with van der Waals surface area (Å²) in [5.41, 5.74) is 5.57. The zero-order chi connectivity index (χ0) is 11.3. The normalized spacial score (nSPS) is 13.1. The Morgan fingerprint density at radius 2 is 2.27 bits per heavy atom. The summed E-state index contributed by atoms with van der Waals surface area (Å²) in [4.78, 5) is 0. The van der Waals surface area contributed by atoms with E-state index in [1.54, 1.807) is 6.92 Å². The third-order valence-corrected chi connectivity index (χ3v) is 3.09. The topological polar surface area (TPSA) is 77.0 Å². The molecule has 86 valence electrons. The van der Waals surface area contributed by atoms with Gasteiger partial charge in [0.05, 0.1) is 12.6 Å². The van der Waals surface area contributed by atoms with E-state index < -0.39 is 0 Å². The fourth-order valence-electron chi connectivity index (χ4n) is 1.22. The summed E-state index contributed by atoms with van der Waals surface area (Å²) in [6.07, 6.45) is 0.691. The van der Waals surface area contributed by atoms with Crippen molar-refractivity contribution in [2.75, 3.05) is 5.75 Å². The Balaban J connectivity index is 2.72. The van der Waals surface area contributed by atoms with Crippen LogP contribution in [0.5, 0.6) is 0 Å². The van der Waals surface area contributed by atoms with Crippen molar-refractivity contribution < 1.29 is 5.11 Å². The lowest BCUT2D eigenvalue weighted by atomic mass is 10.4. The van der Waals surface area contributed by atoms with Crippen LogP contribution in [0.2, 0.25) is 0 Å². The number of nitrogens with two attached hydrogens (primary N) is 1. The summed E-state index contributed by atoms with van der Waals surface area (Å²) < 4.78 is 2.02. The van der Waals surface area contributed by atoms with Crippen molar-refractivity contribution in [2.45, 2.75) is 44.6 Å². The second-order valence-corrected chi connectivity index (χ2v) is 4.40. The van der Waals surface area contributed by atoms with Crippen LogP contribution in [0.1, 0.15) is 26.1 Å². The maximum atomic E-state index is 9.20. The molecule has 1 heterocycles. The molecule has 0 saturated heterocycles. The molecular formula is C9H18N4OS. The predicted octanol–water partition coefficient (Wildman–Crippen LogP) is 0.620. The molecule has 1 aromatic heterocycles. The van der Waals surface area contributed by atoms with Crippen LogP contribution >= 0.6 is 11.8 Å². The lowest BCUT2D eigenvalue weighted by Crippen LogP contribution is -2.10. The Morgan fingerprint density at radius 1 is 1.53 bits per heavy atom. The van der Waals surface area contributed by atoms with Crippen LogP contribution in [0, 0.1) is 0 Å². The molecule has 0 amide bonds. The van der Waals surface area contributed by atoms with Gasteiger partial charge in [-0.3, -0.25) is 0 Å². The van der Waals surface area contributed by atoms with E-state index in [0.29, 0.717) is 12.3 Å². The minimum Gasteiger partial charge on any atom is -0.393 e. The molecule has 15 heavy (non-hydrogen) atoms. The van der Waals surface area contributed by atoms with Gasteiger partial charge in [0.2, 0.25) is 0 Å². The van der Waals surface area contributed by atoms with Crippen molar-refractivity contribution in [3.05, 3.63) is 5.82 Å². The highest BCUT2D eigenvalue weighted by molar-refractivity contribution is 7.99. The van der Waals surface area contributed by atoms with E-state index in [1.807, 2.05) is 4.57 Å². The molecule has 0 aromatic carbocycles. The number of hydrogen-bond acceptors (Lipinski definition) is 5. The van der Waals surface area contributed by atoms with Crippen molar-refractivity contribution in [2.24, 2.45) is 5.73 Å². The van der Waals surface area contributed by atoms with Gasteiger partial charge >= 0.3 is 0 Å². The molecular weight excluding hydrogens is 212 g/mol. The van der Waals surface area contributed by atoms with Gasteiger partial charge in [-0.1, -0.05) is 18.7 Å². The van der Waals surface area contributed by atoms with Crippen molar-refractivity contribution in [3.63, 3.8) is 0 Å². The largest absolute Gasteiger partial charge is 0.393 e. The van der Waals surface area contributed by atoms with Crippen LogP contribution in [0.4, 0.5) is 0 Å². The van der Waals surface area contributed by atoms with E-state index in [9.17, 15) is 5.11 Å². The molecule has 1 atom stereocenters. The predicted molar refractivity (Wildman–Crippen MR) is 60.6 cm³/mol. The number of rotatable bonds is 6. The van der Waals surface area contributed by atoms with Gasteiger partial charge in [0.25, 0.3) is 0 Å². The van der Waals surface area contributed by atoms with E-state index in [4.69, 9.17) is 5.73 Å². The van der Waals surface area contributed by atoms with Crippen molar-refractivity contribution in [3.8, 4) is 0 Å². The summed E-state index contributed by atoms with van der Waals surface area (Å²) in [5, 5.41) is 18.1. The van der Waals surface area contributed by atoms with Crippen molar-refractivity contribution >= 4 is 11.8 Å². The van der Waals surface area contributed by atoms with E-state index in [2.05, 4.69) is 17.1 Å². The molecule has 3 N–H and O–H groups in total. The third kappa shape index (κ3) is 3.48. The molecule has 1 unspecified atom stereocenters. The standard InChI is InChI=1S/C9H18N4OS/c1-3-4-13-8(5-10)11-12-9(13)15-6-7(2)14/h7,14H,3-6,10H2,1-2H3. The monoisotopic (exact) mass is 230 g/mol. The quantitative estimate of drug-likeness (QED) is 0.701. The SMILES string of the molecule is CCCn1c(CN)nnc1SCC(C)O. The molecule has 0 aliphatic rings.